The number of benzene rings is 1. The molecule has 0 saturated carbocycles. The quantitative estimate of drug-likeness (QED) is 0.546. The number of amides is 1. The van der Waals surface area contributed by atoms with Crippen LogP contribution in [0.1, 0.15) is 26.3 Å². The molecule has 0 heterocycles. The summed E-state index contributed by atoms with van der Waals surface area (Å²) in [5.41, 5.74) is 6.88. The number of carbonyl (C=O) groups excluding carboxylic acids is 1. The van der Waals surface area contributed by atoms with Gasteiger partial charge in [0.1, 0.15) is 13.2 Å². The van der Waals surface area contributed by atoms with Crippen LogP contribution in [0.3, 0.4) is 0 Å². The molecule has 23 heavy (non-hydrogen) atoms. The summed E-state index contributed by atoms with van der Waals surface area (Å²) in [5, 5.41) is 10.4. The normalized spacial score (nSPS) is 10.3. The van der Waals surface area contributed by atoms with E-state index in [0.717, 1.165) is 5.56 Å². The molecule has 0 unspecified atom stereocenters. The van der Waals surface area contributed by atoms with Crippen LogP contribution in [-0.2, 0) is 16.1 Å². The van der Waals surface area contributed by atoms with Crippen molar-refractivity contribution < 1.29 is 19.4 Å². The second-order valence-corrected chi connectivity index (χ2v) is 8.65. The summed E-state index contributed by atoms with van der Waals surface area (Å²) in [7, 11) is 3.73. The Morgan fingerprint density at radius 1 is 1.26 bits per heavy atom. The molecule has 0 aromatic heterocycles. The molecule has 1 rings (SSSR count). The molecule has 1 amide bonds. The molecule has 0 aliphatic heterocycles. The molecule has 0 spiro atoms. The number of nitrogen functional groups attached to an aromatic ring is 1. The van der Waals surface area contributed by atoms with E-state index in [9.17, 15) is 9.59 Å². The van der Waals surface area contributed by atoms with Crippen LogP contribution >= 0.6 is 21.6 Å². The number of hydrogen-bond acceptors (Lipinski definition) is 6. The van der Waals surface area contributed by atoms with Crippen LogP contribution < -0.4 is 11.1 Å². The van der Waals surface area contributed by atoms with Crippen molar-refractivity contribution >= 4 is 39.3 Å². The molecule has 0 radical (unpaired) electrons. The highest BCUT2D eigenvalue weighted by molar-refractivity contribution is 8.76. The number of carboxylic acids is 1. The highest BCUT2D eigenvalue weighted by Gasteiger charge is 2.08. The Morgan fingerprint density at radius 3 is 2.22 bits per heavy atom. The third-order valence-electron chi connectivity index (χ3n) is 2.07. The Kier molecular flexibility index (Phi) is 10.3. The third-order valence-corrected chi connectivity index (χ3v) is 4.73. The Bertz CT molecular complexity index is 487. The first-order chi connectivity index (χ1) is 10.6. The number of hydrogen-bond donors (Lipinski definition) is 3. The number of nitrogens with one attached hydrogen (secondary N) is 1. The molecule has 1 aromatic rings. The number of anilines is 1. The van der Waals surface area contributed by atoms with Gasteiger partial charge >= 0.3 is 12.1 Å². The third kappa shape index (κ3) is 13.8. The molecule has 0 saturated heterocycles. The van der Waals surface area contributed by atoms with Crippen molar-refractivity contribution in [2.45, 2.75) is 32.1 Å². The van der Waals surface area contributed by atoms with E-state index >= 15 is 0 Å². The Labute approximate surface area is 144 Å². The van der Waals surface area contributed by atoms with Crippen molar-refractivity contribution in [3.63, 3.8) is 0 Å². The second-order valence-electron chi connectivity index (χ2n) is 5.43. The van der Waals surface area contributed by atoms with Crippen molar-refractivity contribution in [1.82, 2.24) is 5.32 Å². The SMILES string of the molecule is CSSC(C)(C)C.Nc1ccc(COC(=O)NCC(=O)O)cc1. The molecule has 4 N–H and O–H groups in total. The van der Waals surface area contributed by atoms with E-state index in [2.05, 4.69) is 32.3 Å². The number of nitrogens with two attached hydrogens (primary N) is 1. The summed E-state index contributed by atoms with van der Waals surface area (Å²) in [4.78, 5) is 21.1. The van der Waals surface area contributed by atoms with Gasteiger partial charge in [0.15, 0.2) is 0 Å². The summed E-state index contributed by atoms with van der Waals surface area (Å²) in [6.07, 6.45) is 1.34. The lowest BCUT2D eigenvalue weighted by Gasteiger charge is -2.13. The smallest absolute Gasteiger partial charge is 0.407 e. The Hall–Kier alpha value is -1.54. The van der Waals surface area contributed by atoms with E-state index in [1.165, 1.54) is 0 Å². The van der Waals surface area contributed by atoms with Crippen LogP contribution in [0.2, 0.25) is 0 Å². The molecule has 0 fully saturated rings. The van der Waals surface area contributed by atoms with Gasteiger partial charge in [-0.3, -0.25) is 4.79 Å². The maximum atomic E-state index is 11.0. The topological polar surface area (TPSA) is 102 Å². The fourth-order valence-electron chi connectivity index (χ4n) is 1.21. The first-order valence-corrected chi connectivity index (χ1v) is 9.38. The minimum atomic E-state index is -1.12. The van der Waals surface area contributed by atoms with Crippen LogP contribution in [0.15, 0.2) is 24.3 Å². The fourth-order valence-corrected chi connectivity index (χ4v) is 3.21. The fraction of sp³-hybridized carbons (Fsp3) is 0.467. The zero-order chi connectivity index (χ0) is 17.9. The highest BCUT2D eigenvalue weighted by atomic mass is 33.1. The first kappa shape index (κ1) is 21.5. The van der Waals surface area contributed by atoms with Gasteiger partial charge < -0.3 is 20.9 Å². The predicted octanol–water partition coefficient (Wildman–Crippen LogP) is 3.38. The molecule has 0 bridgehead atoms. The summed E-state index contributed by atoms with van der Waals surface area (Å²) >= 11 is 0. The molecular formula is C15H24N2O4S2. The standard InChI is InChI=1S/C10H12N2O4.C5H12S2/c11-8-3-1-7(2-4-8)6-16-10(15)12-5-9(13)14;1-5(2,3)7-6-4/h1-4H,5-6,11H2,(H,12,15)(H,13,14);1-4H3. The summed E-state index contributed by atoms with van der Waals surface area (Å²) in [6, 6.07) is 6.82. The minimum Gasteiger partial charge on any atom is -0.480 e. The number of carboxylic acid groups (broad SMARTS) is 1. The van der Waals surface area contributed by atoms with Crippen molar-refractivity contribution in [3.05, 3.63) is 29.8 Å². The van der Waals surface area contributed by atoms with Crippen LogP contribution in [-0.4, -0.2) is 34.7 Å². The van der Waals surface area contributed by atoms with Gasteiger partial charge in [-0.05, 0) is 24.0 Å². The molecule has 8 heteroatoms. The van der Waals surface area contributed by atoms with E-state index in [-0.39, 0.29) is 6.61 Å². The van der Waals surface area contributed by atoms with Crippen molar-refractivity contribution in [3.8, 4) is 0 Å². The minimum absolute atomic E-state index is 0.0751. The number of alkyl carbamates (subject to hydrolysis) is 1. The average molecular weight is 361 g/mol. The van der Waals surface area contributed by atoms with E-state index < -0.39 is 18.6 Å². The van der Waals surface area contributed by atoms with E-state index in [1.807, 2.05) is 21.6 Å². The van der Waals surface area contributed by atoms with Gasteiger partial charge in [-0.15, -0.1) is 0 Å². The van der Waals surface area contributed by atoms with Gasteiger partial charge in [0.25, 0.3) is 0 Å². The van der Waals surface area contributed by atoms with E-state index in [1.54, 1.807) is 24.3 Å². The predicted molar refractivity (Wildman–Crippen MR) is 97.5 cm³/mol. The molecule has 0 aliphatic rings. The number of rotatable bonds is 5. The lowest BCUT2D eigenvalue weighted by Crippen LogP contribution is -2.29. The summed E-state index contributed by atoms with van der Waals surface area (Å²) < 4.78 is 5.19. The summed E-state index contributed by atoms with van der Waals surface area (Å²) in [5.74, 6) is -1.12. The van der Waals surface area contributed by atoms with E-state index in [4.69, 9.17) is 15.6 Å². The Morgan fingerprint density at radius 2 is 1.83 bits per heavy atom. The summed E-state index contributed by atoms with van der Waals surface area (Å²) in [6.45, 7) is 6.27. The zero-order valence-electron chi connectivity index (χ0n) is 13.8. The van der Waals surface area contributed by atoms with Gasteiger partial charge in [-0.25, -0.2) is 4.79 Å². The molecule has 0 atom stereocenters. The van der Waals surface area contributed by atoms with Crippen molar-refractivity contribution in [1.29, 1.82) is 0 Å². The molecule has 6 nitrogen and oxygen atoms in total. The van der Waals surface area contributed by atoms with Gasteiger partial charge in [-0.2, -0.15) is 0 Å². The van der Waals surface area contributed by atoms with Gasteiger partial charge in [0, 0.05) is 10.4 Å². The zero-order valence-corrected chi connectivity index (χ0v) is 15.4. The number of carbonyl (C=O) groups is 2. The van der Waals surface area contributed by atoms with Crippen LogP contribution in [0, 0.1) is 0 Å². The maximum Gasteiger partial charge on any atom is 0.407 e. The lowest BCUT2D eigenvalue weighted by atomic mass is 10.2. The second kappa shape index (κ2) is 11.1. The van der Waals surface area contributed by atoms with Crippen LogP contribution in [0.5, 0.6) is 0 Å². The van der Waals surface area contributed by atoms with Crippen LogP contribution in [0.4, 0.5) is 10.5 Å². The largest absolute Gasteiger partial charge is 0.480 e. The number of ether oxygens (including phenoxy) is 1. The molecule has 130 valence electrons. The van der Waals surface area contributed by atoms with Crippen LogP contribution in [0.25, 0.3) is 0 Å². The monoisotopic (exact) mass is 360 g/mol. The number of aliphatic carboxylic acids is 1. The Balaban J connectivity index is 0.000000585. The molecule has 0 aliphatic carbocycles. The van der Waals surface area contributed by atoms with Crippen molar-refractivity contribution in [2.24, 2.45) is 0 Å². The van der Waals surface area contributed by atoms with Gasteiger partial charge in [-0.1, -0.05) is 54.5 Å². The van der Waals surface area contributed by atoms with Crippen molar-refractivity contribution in [2.75, 3.05) is 18.5 Å². The molecule has 1 aromatic carbocycles. The first-order valence-electron chi connectivity index (χ1n) is 6.82. The van der Waals surface area contributed by atoms with E-state index in [0.29, 0.717) is 10.4 Å². The maximum absolute atomic E-state index is 11.0. The lowest BCUT2D eigenvalue weighted by molar-refractivity contribution is -0.135. The highest BCUT2D eigenvalue weighted by Crippen LogP contribution is 2.32. The van der Waals surface area contributed by atoms with Gasteiger partial charge in [0.05, 0.1) is 0 Å². The average Bonchev–Trinajstić information content (AvgIpc) is 2.44. The van der Waals surface area contributed by atoms with Gasteiger partial charge in [0.2, 0.25) is 0 Å². The molecular weight excluding hydrogens is 336 g/mol.